The van der Waals surface area contributed by atoms with Crippen LogP contribution in [0.5, 0.6) is 0 Å². The van der Waals surface area contributed by atoms with Crippen molar-refractivity contribution in [1.82, 2.24) is 4.57 Å². The molecule has 0 spiro atoms. The van der Waals surface area contributed by atoms with E-state index in [4.69, 9.17) is 4.42 Å². The zero-order valence-corrected chi connectivity index (χ0v) is 63.0. The number of nitrogens with zero attached hydrogens (tertiary/aromatic N) is 6. The number of rotatable bonds is 20. The Balaban J connectivity index is 0.664. The summed E-state index contributed by atoms with van der Waals surface area (Å²) in [6, 6.07) is 166. The van der Waals surface area contributed by atoms with Crippen LogP contribution in [0.3, 0.4) is 0 Å². The number of anilines is 15. The van der Waals surface area contributed by atoms with E-state index >= 15 is 0 Å². The quantitative estimate of drug-likeness (QED) is 0.0757. The van der Waals surface area contributed by atoms with E-state index in [1.807, 2.05) is 12.1 Å². The minimum Gasteiger partial charge on any atom is -0.456 e. The summed E-state index contributed by atoms with van der Waals surface area (Å²) in [4.78, 5) is 11.8. The molecule has 0 bridgehead atoms. The zero-order chi connectivity index (χ0) is 76.4. The predicted molar refractivity (Wildman–Crippen MR) is 483 cm³/mol. The molecule has 0 saturated heterocycles. The number of hydrogen-bond acceptors (Lipinski definition) is 6. The lowest BCUT2D eigenvalue weighted by Crippen LogP contribution is -2.16. The molecule has 0 atom stereocenters. The largest absolute Gasteiger partial charge is 0.456 e. The van der Waals surface area contributed by atoms with Gasteiger partial charge in [-0.1, -0.05) is 261 Å². The second-order valence-electron chi connectivity index (χ2n) is 28.9. The normalized spacial score (nSPS) is 11.3. The molecule has 0 N–H and O–H groups in total. The lowest BCUT2D eigenvalue weighted by molar-refractivity contribution is 0.669. The van der Waals surface area contributed by atoms with Crippen molar-refractivity contribution >= 4 is 129 Å². The molecule has 2 aromatic heterocycles. The molecule has 7 nitrogen and oxygen atoms in total. The van der Waals surface area contributed by atoms with Gasteiger partial charge in [-0.2, -0.15) is 0 Å². The summed E-state index contributed by atoms with van der Waals surface area (Å²) in [6.07, 6.45) is 0. The van der Waals surface area contributed by atoms with E-state index in [0.29, 0.717) is 0 Å². The minimum atomic E-state index is 0.884. The van der Waals surface area contributed by atoms with E-state index in [1.54, 1.807) is 0 Å². The van der Waals surface area contributed by atoms with E-state index in [0.717, 1.165) is 163 Å². The smallest absolute Gasteiger partial charge is 0.135 e. The van der Waals surface area contributed by atoms with Crippen molar-refractivity contribution in [3.8, 4) is 50.2 Å². The van der Waals surface area contributed by atoms with Gasteiger partial charge in [0.2, 0.25) is 0 Å². The van der Waals surface area contributed by atoms with Crippen molar-refractivity contribution in [2.24, 2.45) is 0 Å². The average Bonchev–Trinajstić information content (AvgIpc) is 1.58. The van der Waals surface area contributed by atoms with Crippen LogP contribution in [0.4, 0.5) is 85.3 Å². The molecule has 0 radical (unpaired) electrons. The van der Waals surface area contributed by atoms with Crippen LogP contribution in [-0.4, -0.2) is 4.57 Å². The van der Waals surface area contributed by atoms with Gasteiger partial charge < -0.3 is 33.5 Å². The first-order chi connectivity index (χ1) is 57.0. The summed E-state index contributed by atoms with van der Waals surface area (Å²) in [5.74, 6) is 0. The Bertz CT molecular complexity index is 6550. The van der Waals surface area contributed by atoms with Crippen molar-refractivity contribution in [2.45, 2.75) is 0 Å². The van der Waals surface area contributed by atoms with Gasteiger partial charge in [-0.05, 0) is 245 Å². The first kappa shape index (κ1) is 68.8. The Morgan fingerprint density at radius 1 is 0.148 bits per heavy atom. The lowest BCUT2D eigenvalue weighted by Gasteiger charge is -2.33. The monoisotopic (exact) mass is 1470 g/mol. The molecule has 544 valence electrons. The van der Waals surface area contributed by atoms with Crippen molar-refractivity contribution < 1.29 is 4.42 Å². The average molecular weight is 1470 g/mol. The number of hydrogen-bond donors (Lipinski definition) is 0. The molecular weight excluding hydrogens is 1400 g/mol. The van der Waals surface area contributed by atoms with Crippen LogP contribution in [0.2, 0.25) is 0 Å². The maximum atomic E-state index is 6.29. The molecule has 20 rings (SSSR count). The van der Waals surface area contributed by atoms with Crippen LogP contribution in [0.15, 0.2) is 465 Å². The van der Waals surface area contributed by atoms with Crippen LogP contribution in [-0.2, 0) is 0 Å². The summed E-state index contributed by atoms with van der Waals surface area (Å²) in [6.45, 7) is 0. The number of aromatic nitrogens is 1. The Morgan fingerprint density at radius 3 is 0.800 bits per heavy atom. The topological polar surface area (TPSA) is 34.3 Å². The summed E-state index contributed by atoms with van der Waals surface area (Å²) >= 11 is 0. The van der Waals surface area contributed by atoms with Gasteiger partial charge in [-0.3, -0.25) is 0 Å². The number of furan rings is 1. The molecule has 0 aliphatic carbocycles. The summed E-state index contributed by atoms with van der Waals surface area (Å²) in [7, 11) is 0. The molecule has 0 fully saturated rings. The van der Waals surface area contributed by atoms with E-state index < -0.39 is 0 Å². The molecular formula is C108H76N6O. The molecule has 18 aromatic carbocycles. The Kier molecular flexibility index (Phi) is 18.2. The maximum Gasteiger partial charge on any atom is 0.135 e. The number of fused-ring (bicyclic) bond motifs is 6. The van der Waals surface area contributed by atoms with Gasteiger partial charge in [0.15, 0.2) is 0 Å². The Hall–Kier alpha value is -15.4. The third-order valence-corrected chi connectivity index (χ3v) is 21.9. The second kappa shape index (κ2) is 30.4. The van der Waals surface area contributed by atoms with Crippen LogP contribution >= 0.6 is 0 Å². The summed E-state index contributed by atoms with van der Waals surface area (Å²) in [5, 5.41) is 4.57. The van der Waals surface area contributed by atoms with Crippen molar-refractivity contribution in [1.29, 1.82) is 0 Å². The highest BCUT2D eigenvalue weighted by Crippen LogP contribution is 2.49. The fourth-order valence-electron chi connectivity index (χ4n) is 16.4. The molecule has 7 heteroatoms. The highest BCUT2D eigenvalue weighted by Gasteiger charge is 2.25. The highest BCUT2D eigenvalue weighted by atomic mass is 16.3. The first-order valence-corrected chi connectivity index (χ1v) is 39.1. The third-order valence-electron chi connectivity index (χ3n) is 21.9. The van der Waals surface area contributed by atoms with Crippen molar-refractivity contribution in [2.75, 3.05) is 24.5 Å². The molecule has 115 heavy (non-hydrogen) atoms. The van der Waals surface area contributed by atoms with Gasteiger partial charge >= 0.3 is 0 Å². The van der Waals surface area contributed by atoms with E-state index in [-0.39, 0.29) is 0 Å². The van der Waals surface area contributed by atoms with E-state index in [1.165, 1.54) is 16.3 Å². The predicted octanol–water partition coefficient (Wildman–Crippen LogP) is 30.7. The fourth-order valence-corrected chi connectivity index (χ4v) is 16.4. The minimum absolute atomic E-state index is 0.884. The van der Waals surface area contributed by atoms with Crippen LogP contribution in [0.1, 0.15) is 0 Å². The molecule has 2 heterocycles. The maximum absolute atomic E-state index is 6.29. The van der Waals surface area contributed by atoms with Crippen molar-refractivity contribution in [3.63, 3.8) is 0 Å². The molecule has 20 aromatic rings. The Morgan fingerprint density at radius 2 is 0.400 bits per heavy atom. The lowest BCUT2D eigenvalue weighted by atomic mass is 9.99. The second-order valence-corrected chi connectivity index (χ2v) is 28.9. The number of benzene rings is 18. The Labute approximate surface area is 669 Å². The molecule has 0 aliphatic heterocycles. The zero-order valence-electron chi connectivity index (χ0n) is 63.0. The molecule has 0 amide bonds. The van der Waals surface area contributed by atoms with E-state index in [9.17, 15) is 0 Å². The molecule has 0 saturated carbocycles. The highest BCUT2D eigenvalue weighted by molar-refractivity contribution is 6.12. The van der Waals surface area contributed by atoms with Gasteiger partial charge in [0.25, 0.3) is 0 Å². The first-order valence-electron chi connectivity index (χ1n) is 39.1. The van der Waals surface area contributed by atoms with Crippen LogP contribution in [0, 0.1) is 0 Å². The summed E-state index contributed by atoms with van der Waals surface area (Å²) in [5.41, 5.74) is 29.7. The van der Waals surface area contributed by atoms with Gasteiger partial charge in [0.1, 0.15) is 11.2 Å². The van der Waals surface area contributed by atoms with Gasteiger partial charge in [-0.25, -0.2) is 0 Å². The van der Waals surface area contributed by atoms with Crippen LogP contribution < -0.4 is 24.5 Å². The standard InChI is InChI=1S/C108H76N6O/c1-9-27-77(28-10-1)80-49-59-93(60-50-80)113(100-74-98(111(87-33-15-4-16-34-87)88-35-17-5-18-36-88)73-99(75-100)112(89-37-19-6-20-38-89)90-39-21-7-22-40-90)94-61-53-82(54-62-94)79-47-45-78(46-48-79)81-51-57-92(58-52-81)110(96-65-63-95(64-66-96)109(85-29-11-2-12-30-85)86-31-13-3-14-32-86)97-67-69-102-101-68-55-84(72-105(101)114(106(102)76-97)91-41-23-8-24-42-91)83-56-70-108-104(71-83)103-43-25-26-44-107(103)115-108/h1-76H. The SMILES string of the molecule is c1ccc(-c2ccc(N(c3ccc(-c4ccc(-c5ccc(N(c6ccc(N(c7ccccc7)c7ccccc7)cc6)c6ccc7c8ccc(-c9ccc%10oc%11ccccc%11c%10c9)cc8n(-c8ccccc8)c7c6)cc5)cc4)cc3)c3cc(N(c4ccccc4)c4ccccc4)cc(N(c4ccccc4)c4ccccc4)c3)cc2)cc1. The van der Waals surface area contributed by atoms with Crippen LogP contribution in [0.25, 0.3) is 93.9 Å². The molecule has 0 unspecified atom stereocenters. The van der Waals surface area contributed by atoms with Crippen molar-refractivity contribution in [3.05, 3.63) is 461 Å². The number of para-hydroxylation sites is 8. The van der Waals surface area contributed by atoms with Gasteiger partial charge in [0.05, 0.1) is 28.1 Å². The van der Waals surface area contributed by atoms with Gasteiger partial charge in [-0.15, -0.1) is 0 Å². The van der Waals surface area contributed by atoms with Gasteiger partial charge in [0, 0.05) is 95.5 Å². The molecule has 0 aliphatic rings. The fraction of sp³-hybridized carbons (Fsp3) is 0. The third kappa shape index (κ3) is 13.5. The van der Waals surface area contributed by atoms with E-state index in [2.05, 4.69) is 478 Å². The summed E-state index contributed by atoms with van der Waals surface area (Å²) < 4.78 is 8.72.